The molecule has 0 bridgehead atoms. The number of benzene rings is 1. The Morgan fingerprint density at radius 1 is 0.806 bits per heavy atom. The second-order valence-electron chi connectivity index (χ2n) is 8.63. The molecule has 0 aromatic heterocycles. The van der Waals surface area contributed by atoms with Gasteiger partial charge in [0, 0.05) is 0 Å². The van der Waals surface area contributed by atoms with Crippen LogP contribution in [0.15, 0.2) is 24.3 Å². The molecule has 176 valence electrons. The molecule has 1 aliphatic rings. The Hall–Kier alpha value is -1.43. The average Bonchev–Trinajstić information content (AvgIpc) is 2.78. The van der Waals surface area contributed by atoms with Crippen molar-refractivity contribution < 1.29 is 24.1 Å². The number of carbonyl (C=O) groups excluding carboxylic acids is 1. The standard InChI is InChI=1S/C26H42O5/c1-2-3-4-5-6-7-8-9-10-11-12-13-14-17-20-29-26(30-21-23(27)22-31-26)24-18-15-16-19-25(24)28/h15-16,18-19,28H,2-14,17,20-22H2,1H3. The summed E-state index contributed by atoms with van der Waals surface area (Å²) in [6.07, 6.45) is 18.2. The van der Waals surface area contributed by atoms with E-state index in [1.165, 1.54) is 77.0 Å². The number of phenolic OH excluding ortho intramolecular Hbond substituents is 1. The van der Waals surface area contributed by atoms with E-state index in [-0.39, 0.29) is 24.7 Å². The van der Waals surface area contributed by atoms with Crippen LogP contribution in [0, 0.1) is 0 Å². The van der Waals surface area contributed by atoms with Gasteiger partial charge < -0.3 is 19.3 Å². The summed E-state index contributed by atoms with van der Waals surface area (Å²) < 4.78 is 17.2. The Kier molecular flexibility index (Phi) is 12.8. The highest BCUT2D eigenvalue weighted by molar-refractivity contribution is 5.81. The minimum Gasteiger partial charge on any atom is -0.507 e. The van der Waals surface area contributed by atoms with Crippen molar-refractivity contribution in [1.82, 2.24) is 0 Å². The van der Waals surface area contributed by atoms with Crippen LogP contribution in [-0.2, 0) is 25.0 Å². The Morgan fingerprint density at radius 3 is 1.81 bits per heavy atom. The topological polar surface area (TPSA) is 65.0 Å². The van der Waals surface area contributed by atoms with Crippen LogP contribution in [0.1, 0.15) is 102 Å². The number of hydrogen-bond donors (Lipinski definition) is 1. The number of unbranched alkanes of at least 4 members (excludes halogenated alkanes) is 13. The van der Waals surface area contributed by atoms with Crippen molar-refractivity contribution in [2.75, 3.05) is 19.8 Å². The van der Waals surface area contributed by atoms with E-state index in [0.717, 1.165) is 12.8 Å². The quantitative estimate of drug-likeness (QED) is 0.279. The molecule has 1 heterocycles. The summed E-state index contributed by atoms with van der Waals surface area (Å²) in [4.78, 5) is 11.5. The van der Waals surface area contributed by atoms with Crippen LogP contribution in [0.3, 0.4) is 0 Å². The molecule has 5 heteroatoms. The summed E-state index contributed by atoms with van der Waals surface area (Å²) in [5.41, 5.74) is 0.410. The Labute approximate surface area is 188 Å². The fourth-order valence-corrected chi connectivity index (χ4v) is 3.99. The summed E-state index contributed by atoms with van der Waals surface area (Å²) in [5.74, 6) is -1.58. The molecule has 1 aliphatic heterocycles. The van der Waals surface area contributed by atoms with Crippen LogP contribution in [0.5, 0.6) is 5.75 Å². The van der Waals surface area contributed by atoms with Gasteiger partial charge in [-0.25, -0.2) is 0 Å². The Morgan fingerprint density at radius 2 is 1.29 bits per heavy atom. The molecule has 0 unspecified atom stereocenters. The first-order chi connectivity index (χ1) is 15.2. The fourth-order valence-electron chi connectivity index (χ4n) is 3.99. The Balaban J connectivity index is 1.54. The second-order valence-corrected chi connectivity index (χ2v) is 8.63. The lowest BCUT2D eigenvalue weighted by Crippen LogP contribution is -2.44. The van der Waals surface area contributed by atoms with E-state index in [1.807, 2.05) is 0 Å². The van der Waals surface area contributed by atoms with Gasteiger partial charge in [-0.2, -0.15) is 0 Å². The summed E-state index contributed by atoms with van der Waals surface area (Å²) in [7, 11) is 0. The molecular formula is C26H42O5. The van der Waals surface area contributed by atoms with Crippen LogP contribution in [-0.4, -0.2) is 30.7 Å². The van der Waals surface area contributed by atoms with Crippen LogP contribution >= 0.6 is 0 Å². The van der Waals surface area contributed by atoms with E-state index in [4.69, 9.17) is 14.2 Å². The minimum absolute atomic E-state index is 0.0396. The van der Waals surface area contributed by atoms with Gasteiger partial charge in [0.1, 0.15) is 19.0 Å². The fraction of sp³-hybridized carbons (Fsp3) is 0.731. The second kappa shape index (κ2) is 15.4. The zero-order chi connectivity index (χ0) is 22.2. The van der Waals surface area contributed by atoms with Gasteiger partial charge in [-0.3, -0.25) is 4.79 Å². The highest BCUT2D eigenvalue weighted by atomic mass is 16.9. The van der Waals surface area contributed by atoms with Crippen LogP contribution in [0.25, 0.3) is 0 Å². The molecule has 0 aliphatic carbocycles. The molecule has 0 radical (unpaired) electrons. The van der Waals surface area contributed by atoms with E-state index < -0.39 is 5.97 Å². The lowest BCUT2D eigenvalue weighted by Gasteiger charge is -2.36. The molecule has 1 aromatic rings. The van der Waals surface area contributed by atoms with Gasteiger partial charge in [0.05, 0.1) is 12.2 Å². The smallest absolute Gasteiger partial charge is 0.316 e. The van der Waals surface area contributed by atoms with Crippen LogP contribution in [0.2, 0.25) is 0 Å². The van der Waals surface area contributed by atoms with E-state index in [9.17, 15) is 9.90 Å². The highest BCUT2D eigenvalue weighted by Crippen LogP contribution is 2.36. The van der Waals surface area contributed by atoms with Gasteiger partial charge in [-0.1, -0.05) is 103 Å². The molecular weight excluding hydrogens is 392 g/mol. The first-order valence-electron chi connectivity index (χ1n) is 12.4. The van der Waals surface area contributed by atoms with E-state index in [1.54, 1.807) is 24.3 Å². The molecule has 1 N–H and O–H groups in total. The summed E-state index contributed by atoms with van der Waals surface area (Å²) in [5, 5.41) is 10.2. The van der Waals surface area contributed by atoms with Crippen LogP contribution in [0.4, 0.5) is 0 Å². The summed E-state index contributed by atoms with van der Waals surface area (Å²) in [6.45, 7) is 2.57. The summed E-state index contributed by atoms with van der Waals surface area (Å²) >= 11 is 0. The number of aromatic hydroxyl groups is 1. The third-order valence-electron chi connectivity index (χ3n) is 5.87. The Bertz CT molecular complexity index is 606. The van der Waals surface area contributed by atoms with Gasteiger partial charge in [0.15, 0.2) is 5.78 Å². The van der Waals surface area contributed by atoms with E-state index >= 15 is 0 Å². The predicted molar refractivity (Wildman–Crippen MR) is 123 cm³/mol. The minimum atomic E-state index is -1.49. The SMILES string of the molecule is CCCCCCCCCCCCCCCCOC1(c2ccccc2O)OCC(=O)CO1. The van der Waals surface area contributed by atoms with Crippen LogP contribution < -0.4 is 0 Å². The number of ketones is 1. The third-order valence-corrected chi connectivity index (χ3v) is 5.87. The van der Waals surface area contributed by atoms with Crippen molar-refractivity contribution in [1.29, 1.82) is 0 Å². The molecule has 31 heavy (non-hydrogen) atoms. The zero-order valence-electron chi connectivity index (χ0n) is 19.4. The van der Waals surface area contributed by atoms with Crippen molar-refractivity contribution in [3.63, 3.8) is 0 Å². The molecule has 0 atom stereocenters. The van der Waals surface area contributed by atoms with E-state index in [0.29, 0.717) is 12.2 Å². The van der Waals surface area contributed by atoms with Gasteiger partial charge in [-0.05, 0) is 18.6 Å². The normalized spacial score (nSPS) is 16.0. The third kappa shape index (κ3) is 9.71. The molecule has 0 amide bonds. The number of phenols is 1. The molecule has 1 aromatic carbocycles. The monoisotopic (exact) mass is 434 g/mol. The van der Waals surface area contributed by atoms with Gasteiger partial charge >= 0.3 is 5.97 Å². The van der Waals surface area contributed by atoms with E-state index in [2.05, 4.69) is 6.92 Å². The number of para-hydroxylation sites is 1. The lowest BCUT2D eigenvalue weighted by atomic mass is 10.0. The van der Waals surface area contributed by atoms with Crippen molar-refractivity contribution in [3.8, 4) is 5.75 Å². The van der Waals surface area contributed by atoms with Gasteiger partial charge in [0.2, 0.25) is 0 Å². The number of carbonyl (C=O) groups is 1. The van der Waals surface area contributed by atoms with Gasteiger partial charge in [-0.15, -0.1) is 0 Å². The number of rotatable bonds is 17. The predicted octanol–water partition coefficient (Wildman–Crippen LogP) is 6.62. The van der Waals surface area contributed by atoms with Crippen molar-refractivity contribution in [3.05, 3.63) is 29.8 Å². The maximum atomic E-state index is 11.5. The van der Waals surface area contributed by atoms with Crippen molar-refractivity contribution >= 4 is 5.78 Å². The molecule has 1 fully saturated rings. The number of ether oxygens (including phenoxy) is 3. The van der Waals surface area contributed by atoms with Gasteiger partial charge in [0.25, 0.3) is 0 Å². The number of Topliss-reactive ketones (excluding diaryl/α,β-unsaturated/α-hetero) is 1. The molecule has 2 rings (SSSR count). The molecule has 0 spiro atoms. The first-order valence-corrected chi connectivity index (χ1v) is 12.4. The highest BCUT2D eigenvalue weighted by Gasteiger charge is 2.42. The maximum absolute atomic E-state index is 11.5. The summed E-state index contributed by atoms with van der Waals surface area (Å²) in [6, 6.07) is 6.79. The van der Waals surface area contributed by atoms with Crippen molar-refractivity contribution in [2.24, 2.45) is 0 Å². The van der Waals surface area contributed by atoms with Crippen molar-refractivity contribution in [2.45, 2.75) is 103 Å². The largest absolute Gasteiger partial charge is 0.507 e. The average molecular weight is 435 g/mol. The number of hydrogen-bond acceptors (Lipinski definition) is 5. The molecule has 5 nitrogen and oxygen atoms in total. The molecule has 0 saturated carbocycles. The zero-order valence-corrected chi connectivity index (χ0v) is 19.4. The lowest BCUT2D eigenvalue weighted by molar-refractivity contribution is -0.399. The molecule has 1 saturated heterocycles. The maximum Gasteiger partial charge on any atom is 0.316 e. The first kappa shape index (κ1) is 25.8.